The summed E-state index contributed by atoms with van der Waals surface area (Å²) in [6.45, 7) is 6.59. The summed E-state index contributed by atoms with van der Waals surface area (Å²) in [6.07, 6.45) is 3.52. The Morgan fingerprint density at radius 2 is 2.23 bits per heavy atom. The van der Waals surface area contributed by atoms with Gasteiger partial charge in [-0.15, -0.1) is 0 Å². The lowest BCUT2D eigenvalue weighted by atomic mass is 10.2. The Labute approximate surface area is 79.1 Å². The predicted molar refractivity (Wildman–Crippen MR) is 53.6 cm³/mol. The molecule has 72 valence electrons. The van der Waals surface area contributed by atoms with Crippen molar-refractivity contribution in [2.24, 2.45) is 0 Å². The highest BCUT2D eigenvalue weighted by Crippen LogP contribution is 2.07. The second-order valence-corrected chi connectivity index (χ2v) is 3.82. The summed E-state index contributed by atoms with van der Waals surface area (Å²) < 4.78 is 5.49. The number of hydrogen-bond acceptors (Lipinski definition) is 3. The van der Waals surface area contributed by atoms with Gasteiger partial charge in [0.05, 0.1) is 11.3 Å². The second-order valence-electron chi connectivity index (χ2n) is 3.82. The zero-order valence-corrected chi connectivity index (χ0v) is 8.37. The first-order valence-electron chi connectivity index (χ1n) is 4.36. The topological polar surface area (TPSA) is 34.1 Å². The van der Waals surface area contributed by atoms with E-state index < -0.39 is 0 Å². The number of hydrogen-bond donors (Lipinski definition) is 1. The van der Waals surface area contributed by atoms with Crippen LogP contribution in [0.2, 0.25) is 0 Å². The van der Waals surface area contributed by atoms with Crippen molar-refractivity contribution in [1.29, 1.82) is 0 Å². The van der Waals surface area contributed by atoms with Crippen LogP contribution >= 0.6 is 0 Å². The Balaban J connectivity index is 2.29. The normalized spacial score (nSPS) is 11.3. The van der Waals surface area contributed by atoms with Gasteiger partial charge in [0, 0.05) is 12.4 Å². The molecule has 0 atom stereocenters. The third kappa shape index (κ3) is 4.48. The molecule has 0 bridgehead atoms. The third-order valence-electron chi connectivity index (χ3n) is 1.44. The maximum absolute atomic E-state index is 5.49. The molecule has 13 heavy (non-hydrogen) atoms. The zero-order valence-electron chi connectivity index (χ0n) is 8.37. The van der Waals surface area contributed by atoms with E-state index in [0.717, 1.165) is 5.69 Å². The molecular formula is C10H16N2O. The monoisotopic (exact) mass is 180 g/mol. The maximum atomic E-state index is 5.49. The van der Waals surface area contributed by atoms with E-state index in [9.17, 15) is 0 Å². The molecular weight excluding hydrogens is 164 g/mol. The molecule has 0 aliphatic rings. The number of nitrogens with one attached hydrogen (secondary N) is 1. The van der Waals surface area contributed by atoms with E-state index in [1.165, 1.54) is 0 Å². The minimum atomic E-state index is -0.102. The Hall–Kier alpha value is -1.09. The fourth-order valence-corrected chi connectivity index (χ4v) is 0.803. The number of pyridine rings is 1. The average molecular weight is 180 g/mol. The largest absolute Gasteiger partial charge is 0.361 e. The highest BCUT2D eigenvalue weighted by molar-refractivity contribution is 5.38. The van der Waals surface area contributed by atoms with Crippen LogP contribution in [-0.2, 0) is 4.74 Å². The first-order chi connectivity index (χ1) is 6.08. The fourth-order valence-electron chi connectivity index (χ4n) is 0.803. The van der Waals surface area contributed by atoms with Crippen LogP contribution < -0.4 is 5.32 Å². The van der Waals surface area contributed by atoms with Crippen LogP contribution in [0.3, 0.4) is 0 Å². The van der Waals surface area contributed by atoms with Gasteiger partial charge in [0.25, 0.3) is 0 Å². The molecule has 0 fully saturated rings. The van der Waals surface area contributed by atoms with Crippen LogP contribution in [0.5, 0.6) is 0 Å². The lowest BCUT2D eigenvalue weighted by Gasteiger charge is -2.19. The van der Waals surface area contributed by atoms with Gasteiger partial charge in [-0.25, -0.2) is 0 Å². The van der Waals surface area contributed by atoms with Crippen molar-refractivity contribution < 1.29 is 4.74 Å². The molecule has 1 rings (SSSR count). The molecule has 3 nitrogen and oxygen atoms in total. The molecule has 1 aromatic heterocycles. The van der Waals surface area contributed by atoms with Crippen molar-refractivity contribution in [3.05, 3.63) is 24.5 Å². The van der Waals surface area contributed by atoms with Gasteiger partial charge in [-0.2, -0.15) is 0 Å². The van der Waals surface area contributed by atoms with Gasteiger partial charge < -0.3 is 10.1 Å². The molecule has 0 spiro atoms. The first-order valence-corrected chi connectivity index (χ1v) is 4.36. The summed E-state index contributed by atoms with van der Waals surface area (Å²) in [6, 6.07) is 3.85. The van der Waals surface area contributed by atoms with Gasteiger partial charge in [-0.3, -0.25) is 4.98 Å². The van der Waals surface area contributed by atoms with Crippen LogP contribution in [0.15, 0.2) is 24.5 Å². The van der Waals surface area contributed by atoms with Crippen molar-refractivity contribution in [3.8, 4) is 0 Å². The predicted octanol–water partition coefficient (Wildman–Crippen LogP) is 2.27. The van der Waals surface area contributed by atoms with E-state index in [2.05, 4.69) is 10.3 Å². The maximum Gasteiger partial charge on any atom is 0.117 e. The van der Waals surface area contributed by atoms with Gasteiger partial charge >= 0.3 is 0 Å². The first kappa shape index (κ1) is 9.99. The van der Waals surface area contributed by atoms with Crippen LogP contribution in [0.1, 0.15) is 20.8 Å². The van der Waals surface area contributed by atoms with Crippen LogP contribution in [0.25, 0.3) is 0 Å². The number of aromatic nitrogens is 1. The summed E-state index contributed by atoms with van der Waals surface area (Å²) in [5.41, 5.74) is 0.876. The average Bonchev–Trinajstić information content (AvgIpc) is 2.04. The summed E-state index contributed by atoms with van der Waals surface area (Å²) >= 11 is 0. The molecule has 0 saturated carbocycles. The van der Waals surface area contributed by atoms with Crippen LogP contribution in [0, 0.1) is 0 Å². The van der Waals surface area contributed by atoms with Gasteiger partial charge in [-0.05, 0) is 32.9 Å². The molecule has 0 aliphatic heterocycles. The van der Waals surface area contributed by atoms with Crippen molar-refractivity contribution in [1.82, 2.24) is 4.98 Å². The quantitative estimate of drug-likeness (QED) is 0.724. The lowest BCUT2D eigenvalue weighted by molar-refractivity contribution is 0.00845. The molecule has 0 saturated heterocycles. The van der Waals surface area contributed by atoms with Gasteiger partial charge in [0.15, 0.2) is 0 Å². The van der Waals surface area contributed by atoms with E-state index in [-0.39, 0.29) is 5.60 Å². The van der Waals surface area contributed by atoms with E-state index >= 15 is 0 Å². The molecule has 3 heteroatoms. The SMILES string of the molecule is CC(C)(C)OCNc1cccnc1. The standard InChI is InChI=1S/C10H16N2O/c1-10(2,3)13-8-12-9-5-4-6-11-7-9/h4-7,12H,8H2,1-3H3. The van der Waals surface area contributed by atoms with E-state index in [0.29, 0.717) is 6.73 Å². The van der Waals surface area contributed by atoms with Crippen molar-refractivity contribution in [3.63, 3.8) is 0 Å². The Kier molecular flexibility index (Phi) is 3.25. The summed E-state index contributed by atoms with van der Waals surface area (Å²) in [7, 11) is 0. The van der Waals surface area contributed by atoms with E-state index in [1.54, 1.807) is 12.4 Å². The number of rotatable bonds is 3. The molecule has 0 unspecified atom stereocenters. The molecule has 0 aliphatic carbocycles. The van der Waals surface area contributed by atoms with Crippen molar-refractivity contribution >= 4 is 5.69 Å². The minimum Gasteiger partial charge on any atom is -0.361 e. The highest BCUT2D eigenvalue weighted by atomic mass is 16.5. The zero-order chi connectivity index (χ0) is 9.73. The fraction of sp³-hybridized carbons (Fsp3) is 0.500. The number of anilines is 1. The molecule has 1 N–H and O–H groups in total. The Morgan fingerprint density at radius 1 is 1.46 bits per heavy atom. The Morgan fingerprint density at radius 3 is 2.77 bits per heavy atom. The number of ether oxygens (including phenoxy) is 1. The van der Waals surface area contributed by atoms with Gasteiger partial charge in [0.2, 0.25) is 0 Å². The highest BCUT2D eigenvalue weighted by Gasteiger charge is 2.08. The summed E-state index contributed by atoms with van der Waals surface area (Å²) in [5.74, 6) is 0. The molecule has 1 aromatic rings. The number of nitrogens with zero attached hydrogens (tertiary/aromatic N) is 1. The van der Waals surface area contributed by atoms with Crippen LogP contribution in [-0.4, -0.2) is 17.3 Å². The van der Waals surface area contributed by atoms with E-state index in [4.69, 9.17) is 4.74 Å². The van der Waals surface area contributed by atoms with E-state index in [1.807, 2.05) is 32.9 Å². The molecule has 0 amide bonds. The third-order valence-corrected chi connectivity index (χ3v) is 1.44. The second kappa shape index (κ2) is 4.23. The van der Waals surface area contributed by atoms with Gasteiger partial charge in [0.1, 0.15) is 6.73 Å². The van der Waals surface area contributed by atoms with Crippen molar-refractivity contribution in [2.75, 3.05) is 12.0 Å². The van der Waals surface area contributed by atoms with Crippen LogP contribution in [0.4, 0.5) is 5.69 Å². The molecule has 0 aromatic carbocycles. The van der Waals surface area contributed by atoms with Crippen molar-refractivity contribution in [2.45, 2.75) is 26.4 Å². The minimum absolute atomic E-state index is 0.102. The summed E-state index contributed by atoms with van der Waals surface area (Å²) in [5, 5.41) is 3.12. The lowest BCUT2D eigenvalue weighted by Crippen LogP contribution is -2.23. The molecule has 1 heterocycles. The van der Waals surface area contributed by atoms with Gasteiger partial charge in [-0.1, -0.05) is 0 Å². The Bertz CT molecular complexity index is 241. The molecule has 0 radical (unpaired) electrons. The summed E-state index contributed by atoms with van der Waals surface area (Å²) in [4.78, 5) is 3.98. The smallest absolute Gasteiger partial charge is 0.117 e.